The van der Waals surface area contributed by atoms with Crippen molar-refractivity contribution in [1.82, 2.24) is 0 Å². The average molecular weight is 141 g/mol. The Morgan fingerprint density at radius 3 is 2.80 bits per heavy atom. The van der Waals surface area contributed by atoms with Crippen LogP contribution in [0.3, 0.4) is 0 Å². The first-order valence-electron chi connectivity index (χ1n) is 3.57. The van der Waals surface area contributed by atoms with Crippen LogP contribution >= 0.6 is 0 Å². The molecule has 0 saturated heterocycles. The minimum Gasteiger partial charge on any atom is -0.286 e. The van der Waals surface area contributed by atoms with Crippen LogP contribution in [0.25, 0.3) is 0 Å². The molecular weight excluding hydrogens is 129 g/mol. The Morgan fingerprint density at radius 1 is 1.70 bits per heavy atom. The van der Waals surface area contributed by atoms with E-state index in [0.717, 1.165) is 5.71 Å². The van der Waals surface area contributed by atoms with E-state index in [2.05, 4.69) is 18.8 Å². The lowest BCUT2D eigenvalue weighted by Gasteiger charge is -2.10. The Morgan fingerprint density at radius 2 is 2.40 bits per heavy atom. The van der Waals surface area contributed by atoms with Gasteiger partial charge in [0.2, 0.25) is 0 Å². The van der Waals surface area contributed by atoms with Gasteiger partial charge in [0.25, 0.3) is 0 Å². The predicted molar refractivity (Wildman–Crippen MR) is 41.2 cm³/mol. The summed E-state index contributed by atoms with van der Waals surface area (Å²) in [5.41, 5.74) is 1.01. The van der Waals surface area contributed by atoms with E-state index in [1.54, 1.807) is 12.2 Å². The summed E-state index contributed by atoms with van der Waals surface area (Å²) in [6.45, 7) is 4.42. The molecule has 1 unspecified atom stereocenters. The quantitative estimate of drug-likeness (QED) is 0.529. The third kappa shape index (κ3) is 1.66. The lowest BCUT2D eigenvalue weighted by molar-refractivity contribution is 0.406. The zero-order valence-corrected chi connectivity index (χ0v) is 6.34. The Bertz CT molecular complexity index is 170. The van der Waals surface area contributed by atoms with Gasteiger partial charge in [-0.3, -0.25) is 4.99 Å². The fourth-order valence-electron chi connectivity index (χ4n) is 0.884. The van der Waals surface area contributed by atoms with Crippen LogP contribution in [-0.2, 0) is 0 Å². The number of hydrogen-bond acceptors (Lipinski definition) is 1. The minimum absolute atomic E-state index is 0.310. The molecule has 0 aromatic heterocycles. The van der Waals surface area contributed by atoms with Gasteiger partial charge in [0, 0.05) is 5.71 Å². The summed E-state index contributed by atoms with van der Waals surface area (Å²) in [5, 5.41) is 0. The highest BCUT2D eigenvalue weighted by molar-refractivity contribution is 5.97. The maximum atomic E-state index is 12.4. The number of allylic oxidation sites excluding steroid dienone is 1. The van der Waals surface area contributed by atoms with Crippen LogP contribution in [0.4, 0.5) is 4.39 Å². The molecule has 1 nitrogen and oxygen atoms in total. The van der Waals surface area contributed by atoms with E-state index in [-0.39, 0.29) is 0 Å². The van der Waals surface area contributed by atoms with E-state index in [4.69, 9.17) is 0 Å². The lowest BCUT2D eigenvalue weighted by Crippen LogP contribution is -2.14. The number of nitrogens with zero attached hydrogens (tertiary/aromatic N) is 1. The van der Waals surface area contributed by atoms with Gasteiger partial charge >= 0.3 is 0 Å². The molecule has 2 heteroatoms. The van der Waals surface area contributed by atoms with Gasteiger partial charge in [-0.15, -0.1) is 0 Å². The summed E-state index contributed by atoms with van der Waals surface area (Å²) >= 11 is 0. The van der Waals surface area contributed by atoms with Crippen molar-refractivity contribution in [3.8, 4) is 0 Å². The normalized spacial score (nSPS) is 25.2. The van der Waals surface area contributed by atoms with Crippen LogP contribution < -0.4 is 0 Å². The zero-order valence-electron chi connectivity index (χ0n) is 6.34. The van der Waals surface area contributed by atoms with E-state index in [9.17, 15) is 4.39 Å². The first-order chi connectivity index (χ1) is 4.70. The maximum absolute atomic E-state index is 12.4. The Balaban J connectivity index is 2.59. The zero-order chi connectivity index (χ0) is 7.56. The summed E-state index contributed by atoms with van der Waals surface area (Å²) in [6.07, 6.45) is 2.49. The van der Waals surface area contributed by atoms with Crippen molar-refractivity contribution in [3.63, 3.8) is 0 Å². The molecule has 0 amide bonds. The second-order valence-electron chi connectivity index (χ2n) is 2.80. The molecule has 1 atom stereocenters. The van der Waals surface area contributed by atoms with Crippen molar-refractivity contribution < 1.29 is 4.39 Å². The van der Waals surface area contributed by atoms with Crippen LogP contribution in [0.1, 0.15) is 13.8 Å². The van der Waals surface area contributed by atoms with Crippen LogP contribution in [0.5, 0.6) is 0 Å². The van der Waals surface area contributed by atoms with Gasteiger partial charge in [-0.1, -0.05) is 13.8 Å². The highest BCUT2D eigenvalue weighted by Gasteiger charge is 2.09. The largest absolute Gasteiger partial charge is 0.286 e. The number of rotatable bonds is 1. The van der Waals surface area contributed by atoms with Gasteiger partial charge in [-0.05, 0) is 18.1 Å². The Hall–Kier alpha value is -0.660. The van der Waals surface area contributed by atoms with E-state index in [0.29, 0.717) is 12.5 Å². The molecule has 0 bridgehead atoms. The van der Waals surface area contributed by atoms with Crippen LogP contribution in [0.15, 0.2) is 17.1 Å². The first kappa shape index (κ1) is 7.45. The molecule has 0 radical (unpaired) electrons. The van der Waals surface area contributed by atoms with Crippen LogP contribution in [0.2, 0.25) is 0 Å². The minimum atomic E-state index is -0.859. The SMILES string of the molecule is CC(C)C1=NCC(F)C=C1. The molecule has 0 spiro atoms. The number of halogens is 1. The maximum Gasteiger partial charge on any atom is 0.138 e. The van der Waals surface area contributed by atoms with Gasteiger partial charge in [0.15, 0.2) is 0 Å². The number of aliphatic imine (C=N–C) groups is 1. The van der Waals surface area contributed by atoms with E-state index < -0.39 is 6.17 Å². The van der Waals surface area contributed by atoms with Crippen molar-refractivity contribution in [2.45, 2.75) is 20.0 Å². The molecule has 0 saturated carbocycles. The summed E-state index contributed by atoms with van der Waals surface area (Å²) in [6, 6.07) is 0. The average Bonchev–Trinajstić information content (AvgIpc) is 1.88. The molecule has 1 aliphatic rings. The summed E-state index contributed by atoms with van der Waals surface area (Å²) < 4.78 is 12.4. The summed E-state index contributed by atoms with van der Waals surface area (Å²) in [7, 11) is 0. The van der Waals surface area contributed by atoms with Crippen molar-refractivity contribution in [3.05, 3.63) is 12.2 Å². The molecular formula is C8H12FN. The highest BCUT2D eigenvalue weighted by Crippen LogP contribution is 2.07. The number of hydrogen-bond donors (Lipinski definition) is 0. The van der Waals surface area contributed by atoms with Gasteiger partial charge in [-0.2, -0.15) is 0 Å². The predicted octanol–water partition coefficient (Wildman–Crippen LogP) is 1.99. The van der Waals surface area contributed by atoms with Crippen LogP contribution in [-0.4, -0.2) is 18.4 Å². The molecule has 0 fully saturated rings. The second-order valence-corrected chi connectivity index (χ2v) is 2.80. The van der Waals surface area contributed by atoms with Crippen LogP contribution in [0, 0.1) is 5.92 Å². The highest BCUT2D eigenvalue weighted by atomic mass is 19.1. The molecule has 1 rings (SSSR count). The summed E-state index contributed by atoms with van der Waals surface area (Å²) in [4.78, 5) is 4.06. The van der Waals surface area contributed by atoms with Crippen molar-refractivity contribution in [2.75, 3.05) is 6.54 Å². The van der Waals surface area contributed by atoms with Gasteiger partial charge in [-0.25, -0.2) is 4.39 Å². The third-order valence-electron chi connectivity index (χ3n) is 1.52. The first-order valence-corrected chi connectivity index (χ1v) is 3.57. The second kappa shape index (κ2) is 2.95. The smallest absolute Gasteiger partial charge is 0.138 e. The van der Waals surface area contributed by atoms with Gasteiger partial charge < -0.3 is 0 Å². The Labute approximate surface area is 60.7 Å². The molecule has 56 valence electrons. The van der Waals surface area contributed by atoms with E-state index in [1.807, 2.05) is 0 Å². The molecule has 10 heavy (non-hydrogen) atoms. The fraction of sp³-hybridized carbons (Fsp3) is 0.625. The molecule has 1 aliphatic heterocycles. The summed E-state index contributed by atoms with van der Waals surface area (Å²) in [5.74, 6) is 0.420. The number of dihydropyridines is 1. The van der Waals surface area contributed by atoms with Gasteiger partial charge in [0.05, 0.1) is 6.54 Å². The topological polar surface area (TPSA) is 12.4 Å². The Kier molecular flexibility index (Phi) is 2.20. The fourth-order valence-corrected chi connectivity index (χ4v) is 0.884. The van der Waals surface area contributed by atoms with Gasteiger partial charge in [0.1, 0.15) is 6.17 Å². The molecule has 0 aliphatic carbocycles. The molecule has 0 aromatic rings. The molecule has 0 N–H and O–H groups in total. The molecule has 0 aromatic carbocycles. The third-order valence-corrected chi connectivity index (χ3v) is 1.52. The lowest BCUT2D eigenvalue weighted by atomic mass is 10.1. The number of alkyl halides is 1. The van der Waals surface area contributed by atoms with Crippen molar-refractivity contribution in [2.24, 2.45) is 10.9 Å². The monoisotopic (exact) mass is 141 g/mol. The van der Waals surface area contributed by atoms with Crippen molar-refractivity contribution in [1.29, 1.82) is 0 Å². The van der Waals surface area contributed by atoms with Crippen molar-refractivity contribution >= 4 is 5.71 Å². The van der Waals surface area contributed by atoms with E-state index >= 15 is 0 Å². The van der Waals surface area contributed by atoms with E-state index in [1.165, 1.54) is 0 Å². The standard InChI is InChI=1S/C8H12FN/c1-6(2)8-4-3-7(9)5-10-8/h3-4,6-7H,5H2,1-2H3. The molecule has 1 heterocycles.